The summed E-state index contributed by atoms with van der Waals surface area (Å²) in [5, 5.41) is 12.1. The maximum Gasteiger partial charge on any atom is 0.253 e. The minimum atomic E-state index is -0.109. The molecule has 0 aliphatic heterocycles. The first-order valence-electron chi connectivity index (χ1n) is 6.40. The highest BCUT2D eigenvalue weighted by atomic mass is 16.3. The summed E-state index contributed by atoms with van der Waals surface area (Å²) in [4.78, 5) is 14.1. The fourth-order valence-electron chi connectivity index (χ4n) is 1.95. The molecule has 0 saturated carbocycles. The predicted octanol–water partition coefficient (Wildman–Crippen LogP) is 2.39. The number of carbonyl (C=O) groups excluding carboxylic acids is 1. The predicted molar refractivity (Wildman–Crippen MR) is 80.0 cm³/mol. The van der Waals surface area contributed by atoms with E-state index in [1.807, 2.05) is 43.3 Å². The molecule has 2 rings (SSSR count). The maximum atomic E-state index is 12.2. The summed E-state index contributed by atoms with van der Waals surface area (Å²) in [6, 6.07) is 14.3. The summed E-state index contributed by atoms with van der Waals surface area (Å²) in [6.45, 7) is 0.431. The molecule has 0 aromatic heterocycles. The van der Waals surface area contributed by atoms with Gasteiger partial charge in [0.1, 0.15) is 5.75 Å². The van der Waals surface area contributed by atoms with E-state index in [-0.39, 0.29) is 11.7 Å². The van der Waals surface area contributed by atoms with Gasteiger partial charge in [0.05, 0.1) is 5.56 Å². The molecule has 0 aliphatic carbocycles. The number of phenolic OH excluding ortho intramolecular Hbond substituents is 1. The Kier molecular flexibility index (Phi) is 4.25. The van der Waals surface area contributed by atoms with E-state index in [1.54, 1.807) is 24.3 Å². The molecule has 0 radical (unpaired) electrons. The highest BCUT2D eigenvalue weighted by Gasteiger charge is 2.11. The van der Waals surface area contributed by atoms with Crippen LogP contribution < -0.4 is 10.2 Å². The molecule has 0 fully saturated rings. The van der Waals surface area contributed by atoms with Crippen LogP contribution >= 0.6 is 0 Å². The van der Waals surface area contributed by atoms with Crippen molar-refractivity contribution in [2.75, 3.05) is 19.0 Å². The molecule has 2 aromatic rings. The summed E-state index contributed by atoms with van der Waals surface area (Å²) >= 11 is 0. The third-order valence-corrected chi connectivity index (χ3v) is 3.02. The lowest BCUT2D eigenvalue weighted by Gasteiger charge is -2.16. The quantitative estimate of drug-likeness (QED) is 0.897. The Morgan fingerprint density at radius 3 is 2.40 bits per heavy atom. The lowest BCUT2D eigenvalue weighted by Crippen LogP contribution is -2.25. The van der Waals surface area contributed by atoms with Crippen LogP contribution in [-0.4, -0.2) is 25.1 Å². The molecular weight excluding hydrogens is 252 g/mol. The Labute approximate surface area is 118 Å². The largest absolute Gasteiger partial charge is 0.508 e. The number of phenols is 1. The van der Waals surface area contributed by atoms with Crippen molar-refractivity contribution in [3.63, 3.8) is 0 Å². The number of nitrogens with zero attached hydrogens (tertiary/aromatic N) is 1. The first kappa shape index (κ1) is 13.9. The van der Waals surface area contributed by atoms with E-state index in [9.17, 15) is 9.90 Å². The van der Waals surface area contributed by atoms with Gasteiger partial charge in [0, 0.05) is 26.3 Å². The number of hydrogen-bond donors (Lipinski definition) is 2. The molecule has 104 valence electrons. The number of aromatic hydroxyl groups is 1. The molecule has 0 spiro atoms. The van der Waals surface area contributed by atoms with Crippen molar-refractivity contribution < 1.29 is 9.90 Å². The normalized spacial score (nSPS) is 10.1. The maximum absolute atomic E-state index is 12.2. The molecule has 20 heavy (non-hydrogen) atoms. The Balaban J connectivity index is 2.07. The van der Waals surface area contributed by atoms with Gasteiger partial charge >= 0.3 is 0 Å². The van der Waals surface area contributed by atoms with E-state index in [1.165, 1.54) is 0 Å². The number of benzene rings is 2. The van der Waals surface area contributed by atoms with Crippen molar-refractivity contribution in [3.8, 4) is 5.75 Å². The van der Waals surface area contributed by atoms with Gasteiger partial charge in [0.2, 0.25) is 0 Å². The number of rotatable bonds is 4. The van der Waals surface area contributed by atoms with E-state index < -0.39 is 0 Å². The van der Waals surface area contributed by atoms with Crippen LogP contribution in [0.1, 0.15) is 15.9 Å². The second-order valence-electron chi connectivity index (χ2n) is 4.76. The van der Waals surface area contributed by atoms with Crippen molar-refractivity contribution in [2.45, 2.75) is 6.54 Å². The number of carbonyl (C=O) groups is 1. The molecule has 0 bridgehead atoms. The number of hydrogen-bond acceptors (Lipinski definition) is 3. The zero-order chi connectivity index (χ0) is 14.5. The van der Waals surface area contributed by atoms with E-state index in [0.717, 1.165) is 11.3 Å². The Hall–Kier alpha value is -2.49. The summed E-state index contributed by atoms with van der Waals surface area (Å²) < 4.78 is 0. The van der Waals surface area contributed by atoms with Gasteiger partial charge < -0.3 is 15.3 Å². The topological polar surface area (TPSA) is 52.6 Å². The van der Waals surface area contributed by atoms with Gasteiger partial charge in [-0.2, -0.15) is 0 Å². The molecule has 4 heteroatoms. The van der Waals surface area contributed by atoms with Gasteiger partial charge in [-0.1, -0.05) is 24.3 Å². The number of nitrogens with one attached hydrogen (secondary N) is 1. The molecule has 0 saturated heterocycles. The Morgan fingerprint density at radius 1 is 1.10 bits per heavy atom. The SMILES string of the molecule is CN(C)c1ccccc1C(=O)NCc1ccc(O)cc1. The fraction of sp³-hybridized carbons (Fsp3) is 0.188. The van der Waals surface area contributed by atoms with Crippen LogP contribution in [0.5, 0.6) is 5.75 Å². The zero-order valence-electron chi connectivity index (χ0n) is 11.6. The summed E-state index contributed by atoms with van der Waals surface area (Å²) in [7, 11) is 3.82. The number of amides is 1. The van der Waals surface area contributed by atoms with Gasteiger partial charge in [-0.05, 0) is 29.8 Å². The number of para-hydroxylation sites is 1. The molecule has 0 atom stereocenters. The van der Waals surface area contributed by atoms with Gasteiger partial charge in [-0.25, -0.2) is 0 Å². The second-order valence-corrected chi connectivity index (χ2v) is 4.76. The minimum Gasteiger partial charge on any atom is -0.508 e. The van der Waals surface area contributed by atoms with Crippen molar-refractivity contribution in [3.05, 3.63) is 59.7 Å². The summed E-state index contributed by atoms with van der Waals surface area (Å²) in [5.41, 5.74) is 2.48. The van der Waals surface area contributed by atoms with E-state index in [0.29, 0.717) is 12.1 Å². The van der Waals surface area contributed by atoms with Crippen molar-refractivity contribution in [1.82, 2.24) is 5.32 Å². The lowest BCUT2D eigenvalue weighted by molar-refractivity contribution is 0.0951. The van der Waals surface area contributed by atoms with Gasteiger partial charge in [0.25, 0.3) is 5.91 Å². The van der Waals surface area contributed by atoms with Crippen LogP contribution in [-0.2, 0) is 6.54 Å². The smallest absolute Gasteiger partial charge is 0.253 e. The van der Waals surface area contributed by atoms with Crippen LogP contribution in [0.4, 0.5) is 5.69 Å². The van der Waals surface area contributed by atoms with Gasteiger partial charge in [0.15, 0.2) is 0 Å². The average molecular weight is 270 g/mol. The first-order valence-corrected chi connectivity index (χ1v) is 6.40. The molecular formula is C16H18N2O2. The standard InChI is InChI=1S/C16H18N2O2/c1-18(2)15-6-4-3-5-14(15)16(20)17-11-12-7-9-13(19)10-8-12/h3-10,19H,11H2,1-2H3,(H,17,20). The molecule has 0 unspecified atom stereocenters. The molecule has 1 amide bonds. The van der Waals surface area contributed by atoms with E-state index in [2.05, 4.69) is 5.32 Å². The average Bonchev–Trinajstić information content (AvgIpc) is 2.46. The van der Waals surface area contributed by atoms with Crippen LogP contribution in [0.3, 0.4) is 0 Å². The molecule has 2 N–H and O–H groups in total. The minimum absolute atomic E-state index is 0.109. The van der Waals surface area contributed by atoms with Crippen LogP contribution in [0.25, 0.3) is 0 Å². The molecule has 4 nitrogen and oxygen atoms in total. The fourth-order valence-corrected chi connectivity index (χ4v) is 1.95. The monoisotopic (exact) mass is 270 g/mol. The second kappa shape index (κ2) is 6.10. The lowest BCUT2D eigenvalue weighted by atomic mass is 10.1. The molecule has 0 heterocycles. The Bertz CT molecular complexity index is 592. The molecule has 0 aliphatic rings. The summed E-state index contributed by atoms with van der Waals surface area (Å²) in [5.74, 6) is 0.111. The van der Waals surface area contributed by atoms with Gasteiger partial charge in [-0.3, -0.25) is 4.79 Å². The van der Waals surface area contributed by atoms with Crippen molar-refractivity contribution in [1.29, 1.82) is 0 Å². The third kappa shape index (κ3) is 3.29. The van der Waals surface area contributed by atoms with Crippen LogP contribution in [0.2, 0.25) is 0 Å². The summed E-state index contributed by atoms with van der Waals surface area (Å²) in [6.07, 6.45) is 0. The highest BCUT2D eigenvalue weighted by Crippen LogP contribution is 2.18. The Morgan fingerprint density at radius 2 is 1.75 bits per heavy atom. The zero-order valence-corrected chi connectivity index (χ0v) is 11.6. The number of anilines is 1. The van der Waals surface area contributed by atoms with Crippen molar-refractivity contribution >= 4 is 11.6 Å². The van der Waals surface area contributed by atoms with Crippen LogP contribution in [0, 0.1) is 0 Å². The van der Waals surface area contributed by atoms with Crippen LogP contribution in [0.15, 0.2) is 48.5 Å². The van der Waals surface area contributed by atoms with Crippen molar-refractivity contribution in [2.24, 2.45) is 0 Å². The third-order valence-electron chi connectivity index (χ3n) is 3.02. The van der Waals surface area contributed by atoms with Gasteiger partial charge in [-0.15, -0.1) is 0 Å². The van der Waals surface area contributed by atoms with E-state index >= 15 is 0 Å². The molecule has 2 aromatic carbocycles. The van der Waals surface area contributed by atoms with E-state index in [4.69, 9.17) is 0 Å². The first-order chi connectivity index (χ1) is 9.58. The highest BCUT2D eigenvalue weighted by molar-refractivity contribution is 5.99.